The molecule has 104 valence electrons. The normalized spacial score (nSPS) is 28.6. The molecule has 2 unspecified atom stereocenters. The topological polar surface area (TPSA) is 28.2 Å². The Kier molecular flexibility index (Phi) is 4.46. The zero-order valence-electron chi connectivity index (χ0n) is 11.7. The van der Waals surface area contributed by atoms with Crippen molar-refractivity contribution in [1.29, 1.82) is 0 Å². The van der Waals surface area contributed by atoms with Crippen molar-refractivity contribution >= 4 is 0 Å². The maximum absolute atomic E-state index is 4.09. The first-order valence-corrected chi connectivity index (χ1v) is 7.80. The van der Waals surface area contributed by atoms with Crippen LogP contribution < -0.4 is 5.32 Å². The van der Waals surface area contributed by atoms with Crippen LogP contribution in [0.15, 0.2) is 24.5 Å². The monoisotopic (exact) mass is 259 g/mol. The number of hydrogen-bond donors (Lipinski definition) is 1. The van der Waals surface area contributed by atoms with Gasteiger partial charge in [0.1, 0.15) is 0 Å². The van der Waals surface area contributed by atoms with Crippen molar-refractivity contribution < 1.29 is 0 Å². The van der Waals surface area contributed by atoms with Crippen molar-refractivity contribution in [2.45, 2.75) is 50.6 Å². The molecule has 0 spiro atoms. The number of likely N-dealkylation sites (tertiary alicyclic amines) is 1. The van der Waals surface area contributed by atoms with Gasteiger partial charge in [0.15, 0.2) is 0 Å². The lowest BCUT2D eigenvalue weighted by Gasteiger charge is -2.39. The maximum Gasteiger partial charge on any atom is 0.0270 e. The number of nitrogens with zero attached hydrogens (tertiary/aromatic N) is 2. The number of nitrogens with one attached hydrogen (secondary N) is 1. The zero-order chi connectivity index (χ0) is 12.9. The van der Waals surface area contributed by atoms with E-state index in [9.17, 15) is 0 Å². The van der Waals surface area contributed by atoms with Crippen LogP contribution in [0.1, 0.15) is 37.7 Å². The van der Waals surface area contributed by atoms with Crippen LogP contribution in [0.25, 0.3) is 0 Å². The summed E-state index contributed by atoms with van der Waals surface area (Å²) < 4.78 is 0. The maximum atomic E-state index is 4.09. The molecule has 1 N–H and O–H groups in total. The van der Waals surface area contributed by atoms with Crippen molar-refractivity contribution in [3.63, 3.8) is 0 Å². The fourth-order valence-electron chi connectivity index (χ4n) is 3.61. The van der Waals surface area contributed by atoms with Crippen LogP contribution in [-0.2, 0) is 6.42 Å². The van der Waals surface area contributed by atoms with Gasteiger partial charge in [0.2, 0.25) is 0 Å². The Labute approximate surface area is 116 Å². The molecular formula is C16H25N3. The van der Waals surface area contributed by atoms with Crippen LogP contribution >= 0.6 is 0 Å². The number of hydrogen-bond acceptors (Lipinski definition) is 3. The quantitative estimate of drug-likeness (QED) is 0.899. The summed E-state index contributed by atoms with van der Waals surface area (Å²) in [7, 11) is 0. The summed E-state index contributed by atoms with van der Waals surface area (Å²) in [5.41, 5.74) is 1.42. The van der Waals surface area contributed by atoms with E-state index in [1.807, 2.05) is 12.4 Å². The molecule has 1 aromatic heterocycles. The minimum absolute atomic E-state index is 0.748. The molecule has 0 aromatic carbocycles. The third kappa shape index (κ3) is 3.34. The lowest BCUT2D eigenvalue weighted by Crippen LogP contribution is -2.50. The Hall–Kier alpha value is -0.930. The Bertz CT molecular complexity index is 373. The second-order valence-electron chi connectivity index (χ2n) is 5.91. The molecule has 19 heavy (non-hydrogen) atoms. The van der Waals surface area contributed by atoms with Crippen molar-refractivity contribution in [2.75, 3.05) is 19.6 Å². The molecule has 3 heteroatoms. The summed E-state index contributed by atoms with van der Waals surface area (Å²) in [6.07, 6.45) is 11.9. The van der Waals surface area contributed by atoms with E-state index in [4.69, 9.17) is 0 Å². The molecule has 1 aromatic rings. The SMILES string of the molecule is c1cc(CCN2CCCCC2C2CCCN2)ccn1. The van der Waals surface area contributed by atoms with Crippen molar-refractivity contribution in [3.05, 3.63) is 30.1 Å². The molecule has 0 radical (unpaired) electrons. The Morgan fingerprint density at radius 3 is 2.84 bits per heavy atom. The Balaban J connectivity index is 1.57. The average molecular weight is 259 g/mol. The molecule has 0 saturated carbocycles. The minimum atomic E-state index is 0.748. The van der Waals surface area contributed by atoms with E-state index in [0.29, 0.717) is 0 Å². The Morgan fingerprint density at radius 1 is 1.16 bits per heavy atom. The van der Waals surface area contributed by atoms with Crippen LogP contribution in [-0.4, -0.2) is 41.6 Å². The fraction of sp³-hybridized carbons (Fsp3) is 0.688. The van der Waals surface area contributed by atoms with Crippen molar-refractivity contribution in [1.82, 2.24) is 15.2 Å². The first-order valence-electron chi connectivity index (χ1n) is 7.80. The van der Waals surface area contributed by atoms with Gasteiger partial charge in [-0.05, 0) is 62.9 Å². The van der Waals surface area contributed by atoms with Gasteiger partial charge in [-0.1, -0.05) is 6.42 Å². The standard InChI is InChI=1S/C16H25N3/c1-2-12-19(13-8-14-6-10-17-11-7-14)16(5-1)15-4-3-9-18-15/h6-7,10-11,15-16,18H,1-5,8-9,12-13H2. The van der Waals surface area contributed by atoms with Gasteiger partial charge in [-0.15, -0.1) is 0 Å². The van der Waals surface area contributed by atoms with Crippen LogP contribution in [0.2, 0.25) is 0 Å². The van der Waals surface area contributed by atoms with Crippen molar-refractivity contribution in [3.8, 4) is 0 Å². The summed E-state index contributed by atoms with van der Waals surface area (Å²) >= 11 is 0. The van der Waals surface area contributed by atoms with Crippen LogP contribution in [0.3, 0.4) is 0 Å². The first-order chi connectivity index (χ1) is 9.43. The molecule has 0 aliphatic carbocycles. The van der Waals surface area contributed by atoms with Gasteiger partial charge in [0.25, 0.3) is 0 Å². The van der Waals surface area contributed by atoms with E-state index in [1.54, 1.807) is 0 Å². The summed E-state index contributed by atoms with van der Waals surface area (Å²) in [4.78, 5) is 6.82. The van der Waals surface area contributed by atoms with E-state index in [1.165, 1.54) is 57.3 Å². The third-order valence-corrected chi connectivity index (χ3v) is 4.66. The summed E-state index contributed by atoms with van der Waals surface area (Å²) in [6.45, 7) is 3.71. The second-order valence-corrected chi connectivity index (χ2v) is 5.91. The smallest absolute Gasteiger partial charge is 0.0270 e. The highest BCUT2D eigenvalue weighted by atomic mass is 15.2. The van der Waals surface area contributed by atoms with E-state index < -0.39 is 0 Å². The van der Waals surface area contributed by atoms with E-state index >= 15 is 0 Å². The lowest BCUT2D eigenvalue weighted by molar-refractivity contribution is 0.121. The number of aromatic nitrogens is 1. The predicted octanol–water partition coefficient (Wildman–Crippen LogP) is 2.23. The van der Waals surface area contributed by atoms with Crippen LogP contribution in [0, 0.1) is 0 Å². The highest BCUT2D eigenvalue weighted by molar-refractivity contribution is 5.10. The molecule has 3 heterocycles. The highest BCUT2D eigenvalue weighted by Gasteiger charge is 2.30. The molecule has 3 nitrogen and oxygen atoms in total. The van der Waals surface area contributed by atoms with Crippen LogP contribution in [0.5, 0.6) is 0 Å². The summed E-state index contributed by atoms with van der Waals surface area (Å²) in [6, 6.07) is 5.82. The number of piperidine rings is 1. The van der Waals surface area contributed by atoms with E-state index in [2.05, 4.69) is 27.3 Å². The molecule has 2 saturated heterocycles. The number of rotatable bonds is 4. The van der Waals surface area contributed by atoms with Gasteiger partial charge >= 0.3 is 0 Å². The van der Waals surface area contributed by atoms with Gasteiger partial charge in [-0.2, -0.15) is 0 Å². The average Bonchev–Trinajstić information content (AvgIpc) is 3.01. The highest BCUT2D eigenvalue weighted by Crippen LogP contribution is 2.24. The molecule has 0 amide bonds. The first kappa shape index (κ1) is 13.1. The fourth-order valence-corrected chi connectivity index (χ4v) is 3.61. The Morgan fingerprint density at radius 2 is 2.05 bits per heavy atom. The molecule has 3 rings (SSSR count). The zero-order valence-corrected chi connectivity index (χ0v) is 11.7. The van der Waals surface area contributed by atoms with Gasteiger partial charge in [0.05, 0.1) is 0 Å². The lowest BCUT2D eigenvalue weighted by atomic mass is 9.94. The summed E-state index contributed by atoms with van der Waals surface area (Å²) in [5, 5.41) is 3.70. The second kappa shape index (κ2) is 6.49. The minimum Gasteiger partial charge on any atom is -0.312 e. The van der Waals surface area contributed by atoms with E-state index in [-0.39, 0.29) is 0 Å². The van der Waals surface area contributed by atoms with Gasteiger partial charge in [-0.3, -0.25) is 9.88 Å². The molecular weight excluding hydrogens is 234 g/mol. The van der Waals surface area contributed by atoms with Crippen LogP contribution in [0.4, 0.5) is 0 Å². The van der Waals surface area contributed by atoms with Gasteiger partial charge in [-0.25, -0.2) is 0 Å². The van der Waals surface area contributed by atoms with E-state index in [0.717, 1.165) is 18.5 Å². The van der Waals surface area contributed by atoms with Gasteiger partial charge in [0, 0.05) is 31.0 Å². The number of pyridine rings is 1. The summed E-state index contributed by atoms with van der Waals surface area (Å²) in [5.74, 6) is 0. The van der Waals surface area contributed by atoms with Gasteiger partial charge < -0.3 is 5.32 Å². The molecule has 2 atom stereocenters. The largest absolute Gasteiger partial charge is 0.312 e. The third-order valence-electron chi connectivity index (χ3n) is 4.66. The molecule has 2 fully saturated rings. The molecule has 2 aliphatic rings. The molecule has 0 bridgehead atoms. The molecule has 2 aliphatic heterocycles. The predicted molar refractivity (Wildman–Crippen MR) is 78.2 cm³/mol. The van der Waals surface area contributed by atoms with Crippen molar-refractivity contribution in [2.24, 2.45) is 0 Å².